The van der Waals surface area contributed by atoms with Crippen molar-refractivity contribution < 1.29 is 22.4 Å². The van der Waals surface area contributed by atoms with Gasteiger partial charge in [-0.1, -0.05) is 0 Å². The maximum absolute atomic E-state index is 0. The zero-order valence-corrected chi connectivity index (χ0v) is 1.78. The normalized spacial score (nSPS) is 0. The molecule has 0 saturated carbocycles. The molecule has 0 unspecified atom stereocenters. The Bertz CT molecular complexity index is 6.00. The van der Waals surface area contributed by atoms with Crippen LogP contribution >= 0.6 is 0 Å². The van der Waals surface area contributed by atoms with Crippen molar-refractivity contribution in [2.24, 2.45) is 0 Å². The van der Waals surface area contributed by atoms with Crippen LogP contribution in [0.25, 0.3) is 0 Å². The Labute approximate surface area is 61.4 Å². The summed E-state index contributed by atoms with van der Waals surface area (Å²) in [6, 6.07) is 0. The molecule has 0 aromatic heterocycles. The van der Waals surface area contributed by atoms with Crippen molar-refractivity contribution in [3.63, 3.8) is 0 Å². The van der Waals surface area contributed by atoms with E-state index in [9.17, 15) is 0 Å². The van der Waals surface area contributed by atoms with Gasteiger partial charge in [0.1, 0.15) is 0 Å². The largest absolute Gasteiger partial charge is 0.187 e. The van der Waals surface area contributed by atoms with Crippen LogP contribution in [-0.4, -0.2) is 39.3 Å². The smallest absolute Gasteiger partial charge is 0.0149 e. The number of hydrogen-bond donors (Lipinski definition) is 0. The summed E-state index contributed by atoms with van der Waals surface area (Å²) in [5, 5.41) is 0. The van der Waals surface area contributed by atoms with E-state index in [0.29, 0.717) is 0 Å². The first kappa shape index (κ1) is 43.4. The van der Waals surface area contributed by atoms with Crippen LogP contribution in [0.3, 0.4) is 0 Å². The van der Waals surface area contributed by atoms with Crippen molar-refractivity contribution in [3.8, 4) is 0 Å². The zero-order chi connectivity index (χ0) is 0. The van der Waals surface area contributed by atoms with Crippen molar-refractivity contribution in [2.75, 3.05) is 0 Å². The quantitative estimate of drug-likeness (QED) is 0.350. The Hall–Kier alpha value is 1.71. The third-order valence-electron chi connectivity index (χ3n) is 0. The first-order chi connectivity index (χ1) is 0. The van der Waals surface area contributed by atoms with Crippen molar-refractivity contribution in [3.05, 3.63) is 0 Å². The molecular formula is H11AgAlSi2. The maximum atomic E-state index is 0. The van der Waals surface area contributed by atoms with Crippen LogP contribution in [0.1, 0.15) is 0 Å². The van der Waals surface area contributed by atoms with Crippen molar-refractivity contribution in [1.82, 2.24) is 0 Å². The zero-order valence-electron chi connectivity index (χ0n) is 0.302. The van der Waals surface area contributed by atoms with Crippen molar-refractivity contribution in [1.29, 1.82) is 0 Å². The van der Waals surface area contributed by atoms with Crippen molar-refractivity contribution in [2.45, 2.75) is 0 Å². The van der Waals surface area contributed by atoms with Gasteiger partial charge < -0.3 is 0 Å². The third-order valence-corrected chi connectivity index (χ3v) is 0. The summed E-state index contributed by atoms with van der Waals surface area (Å²) in [7, 11) is 0. The van der Waals surface area contributed by atoms with Crippen LogP contribution in [0.2, 0.25) is 0 Å². The van der Waals surface area contributed by atoms with Crippen LogP contribution in [0.5, 0.6) is 0 Å². The minimum absolute atomic E-state index is 0. The van der Waals surface area contributed by atoms with Gasteiger partial charge >= 0.3 is 0 Å². The van der Waals surface area contributed by atoms with Gasteiger partial charge in [-0.3, -0.25) is 0 Å². The average Bonchev–Trinajstić information content (AvgIpc) is 0. The molecule has 4 heteroatoms. The summed E-state index contributed by atoms with van der Waals surface area (Å²) in [6.45, 7) is 0. The summed E-state index contributed by atoms with van der Waals surface area (Å²) >= 11 is 0. The summed E-state index contributed by atoms with van der Waals surface area (Å²) in [5.74, 6) is 0. The van der Waals surface area contributed by atoms with Gasteiger partial charge in [0.05, 0.1) is 0 Å². The molecular weight excluding hydrogens is 191 g/mol. The van der Waals surface area contributed by atoms with Gasteiger partial charge in [0.2, 0.25) is 0 Å². The Morgan fingerprint density at radius 1 is 0.750 bits per heavy atom. The van der Waals surface area contributed by atoms with Crippen LogP contribution in [-0.2, 0) is 22.4 Å². The summed E-state index contributed by atoms with van der Waals surface area (Å²) in [6.07, 6.45) is 0. The molecule has 0 nitrogen and oxygen atoms in total. The van der Waals surface area contributed by atoms with Gasteiger partial charge in [0.25, 0.3) is 0 Å². The molecule has 33 valence electrons. The molecule has 0 atom stereocenters. The molecule has 0 amide bonds. The fourth-order valence-electron chi connectivity index (χ4n) is 0. The van der Waals surface area contributed by atoms with Crippen LogP contribution < -0.4 is 0 Å². The SMILES string of the molecule is [Ag].[AlH3].[SiH4].[SiH4]. The van der Waals surface area contributed by atoms with Gasteiger partial charge in [-0.2, -0.15) is 0 Å². The molecule has 0 spiro atoms. The molecule has 0 heterocycles. The van der Waals surface area contributed by atoms with Crippen LogP contribution in [0, 0.1) is 0 Å². The van der Waals surface area contributed by atoms with E-state index in [4.69, 9.17) is 0 Å². The van der Waals surface area contributed by atoms with Gasteiger partial charge in [-0.15, -0.1) is 0 Å². The molecule has 0 aliphatic heterocycles. The topological polar surface area (TPSA) is 0 Å². The van der Waals surface area contributed by atoms with Gasteiger partial charge in [0.15, 0.2) is 17.4 Å². The van der Waals surface area contributed by atoms with Gasteiger partial charge in [-0.25, -0.2) is 0 Å². The van der Waals surface area contributed by atoms with E-state index in [-0.39, 0.29) is 61.7 Å². The summed E-state index contributed by atoms with van der Waals surface area (Å²) < 4.78 is 0. The fourth-order valence-corrected chi connectivity index (χ4v) is 0. The van der Waals surface area contributed by atoms with Gasteiger partial charge in [-0.05, 0) is 21.9 Å². The maximum Gasteiger partial charge on any atom is 0.187 e. The van der Waals surface area contributed by atoms with Crippen molar-refractivity contribution >= 4 is 39.3 Å². The number of hydrogen-bond acceptors (Lipinski definition) is 0. The molecule has 0 bridgehead atoms. The predicted octanol–water partition coefficient (Wildman–Crippen LogP) is -4.09. The summed E-state index contributed by atoms with van der Waals surface area (Å²) in [5.41, 5.74) is 0. The second-order valence-electron chi connectivity index (χ2n) is 0. The first-order valence-electron chi connectivity index (χ1n) is 0. The van der Waals surface area contributed by atoms with E-state index in [1.54, 1.807) is 0 Å². The van der Waals surface area contributed by atoms with Gasteiger partial charge in [0, 0.05) is 22.4 Å². The van der Waals surface area contributed by atoms with E-state index in [2.05, 4.69) is 0 Å². The van der Waals surface area contributed by atoms with Crippen LogP contribution in [0.15, 0.2) is 0 Å². The minimum atomic E-state index is 0. The molecule has 0 aliphatic rings. The van der Waals surface area contributed by atoms with E-state index in [1.165, 1.54) is 0 Å². The molecule has 0 aromatic rings. The monoisotopic (exact) mass is 201 g/mol. The molecule has 0 N–H and O–H groups in total. The summed E-state index contributed by atoms with van der Waals surface area (Å²) in [4.78, 5) is 0. The third kappa shape index (κ3) is 9.32. The molecule has 0 fully saturated rings. The predicted molar refractivity (Wildman–Crippen MR) is 32.6 cm³/mol. The minimum Gasteiger partial charge on any atom is -0.0149 e. The average molecular weight is 202 g/mol. The Morgan fingerprint density at radius 3 is 0.750 bits per heavy atom. The van der Waals surface area contributed by atoms with E-state index in [1.807, 2.05) is 0 Å². The second-order valence-corrected chi connectivity index (χ2v) is 0. The van der Waals surface area contributed by atoms with E-state index < -0.39 is 0 Å². The molecule has 1 radical (unpaired) electrons. The molecule has 0 aliphatic carbocycles. The van der Waals surface area contributed by atoms with E-state index >= 15 is 0 Å². The van der Waals surface area contributed by atoms with Crippen LogP contribution in [0.4, 0.5) is 0 Å². The molecule has 0 aromatic carbocycles. The first-order valence-corrected chi connectivity index (χ1v) is 0. The number of rotatable bonds is 0. The second kappa shape index (κ2) is 22.2. The Balaban J connectivity index is 0. The fraction of sp³-hybridized carbons (Fsp3) is 0. The standard InChI is InChI=1S/Ag.Al.2H4Si.3H/h;;2*1H4;;;. The molecule has 0 rings (SSSR count). The molecule has 0 saturated heterocycles. The van der Waals surface area contributed by atoms with E-state index in [0.717, 1.165) is 0 Å². The molecule has 4 heavy (non-hydrogen) atoms. The Kier molecular flexibility index (Phi) is 241. The Morgan fingerprint density at radius 2 is 0.750 bits per heavy atom.